The molecule has 0 spiro atoms. The first-order valence-corrected chi connectivity index (χ1v) is 8.57. The van der Waals surface area contributed by atoms with Crippen LogP contribution >= 0.6 is 0 Å². The van der Waals surface area contributed by atoms with E-state index >= 15 is 0 Å². The van der Waals surface area contributed by atoms with Gasteiger partial charge in [0.15, 0.2) is 0 Å². The van der Waals surface area contributed by atoms with Gasteiger partial charge in [-0.3, -0.25) is 19.9 Å². The van der Waals surface area contributed by atoms with Crippen molar-refractivity contribution in [2.75, 3.05) is 17.3 Å². The second kappa shape index (κ2) is 8.26. The minimum Gasteiger partial charge on any atom is -0.366 e. The van der Waals surface area contributed by atoms with Gasteiger partial charge in [0.05, 0.1) is 4.92 Å². The molecule has 1 aromatic carbocycles. The van der Waals surface area contributed by atoms with Gasteiger partial charge in [0.25, 0.3) is 11.6 Å². The molecule has 1 amide bonds. The lowest BCUT2D eigenvalue weighted by molar-refractivity contribution is -0.385. The Bertz CT molecular complexity index is 990. The first kappa shape index (κ1) is 19.0. The maximum absolute atomic E-state index is 12.5. The van der Waals surface area contributed by atoms with Gasteiger partial charge in [0.1, 0.15) is 12.0 Å². The molecular weight excluding hydrogens is 358 g/mol. The monoisotopic (exact) mass is 377 g/mol. The molecule has 3 rings (SSSR count). The number of amides is 1. The molecule has 0 aliphatic heterocycles. The zero-order valence-electron chi connectivity index (χ0n) is 15.5. The third-order valence-electron chi connectivity index (χ3n) is 4.31. The number of aromatic nitrogens is 2. The number of pyridine rings is 2. The van der Waals surface area contributed by atoms with E-state index < -0.39 is 4.92 Å². The van der Waals surface area contributed by atoms with Crippen LogP contribution in [0.1, 0.15) is 21.5 Å². The lowest BCUT2D eigenvalue weighted by Crippen LogP contribution is -2.26. The number of aryl methyl sites for hydroxylation is 1. The number of hydrogen-bond donors (Lipinski definition) is 1. The summed E-state index contributed by atoms with van der Waals surface area (Å²) < 4.78 is 0. The Labute approximate surface area is 162 Å². The number of rotatable bonds is 6. The number of nitro groups is 1. The van der Waals surface area contributed by atoms with E-state index in [1.165, 1.54) is 6.20 Å². The predicted molar refractivity (Wildman–Crippen MR) is 106 cm³/mol. The van der Waals surface area contributed by atoms with Crippen molar-refractivity contribution in [1.29, 1.82) is 0 Å². The highest BCUT2D eigenvalue weighted by atomic mass is 16.6. The van der Waals surface area contributed by atoms with Crippen LogP contribution in [0.25, 0.3) is 0 Å². The number of nitrogens with one attached hydrogen (secondary N) is 1. The Kier molecular flexibility index (Phi) is 5.59. The van der Waals surface area contributed by atoms with E-state index in [9.17, 15) is 14.9 Å². The molecule has 0 aliphatic rings. The summed E-state index contributed by atoms with van der Waals surface area (Å²) in [6.45, 7) is 2.18. The number of anilines is 2. The Hall–Kier alpha value is -3.81. The minimum absolute atomic E-state index is 0.00296. The SMILES string of the molecule is Cc1cc(NCc2ccc(N(C)C(=O)c3ccncc3)cc2)ncc1[N+](=O)[O-]. The summed E-state index contributed by atoms with van der Waals surface area (Å²) in [6, 6.07) is 12.6. The highest BCUT2D eigenvalue weighted by molar-refractivity contribution is 6.05. The van der Waals surface area contributed by atoms with Gasteiger partial charge in [-0.25, -0.2) is 4.98 Å². The Morgan fingerprint density at radius 2 is 1.86 bits per heavy atom. The van der Waals surface area contributed by atoms with Crippen molar-refractivity contribution in [2.45, 2.75) is 13.5 Å². The van der Waals surface area contributed by atoms with Gasteiger partial charge in [-0.05, 0) is 42.8 Å². The van der Waals surface area contributed by atoms with E-state index in [0.717, 1.165) is 11.3 Å². The topological polar surface area (TPSA) is 101 Å². The average Bonchev–Trinajstić information content (AvgIpc) is 2.72. The van der Waals surface area contributed by atoms with Gasteiger partial charge in [0.2, 0.25) is 0 Å². The van der Waals surface area contributed by atoms with Crippen LogP contribution in [0.2, 0.25) is 0 Å². The molecule has 2 heterocycles. The normalized spacial score (nSPS) is 10.4. The van der Waals surface area contributed by atoms with Gasteiger partial charge in [-0.15, -0.1) is 0 Å². The average molecular weight is 377 g/mol. The summed E-state index contributed by atoms with van der Waals surface area (Å²) in [6.07, 6.45) is 4.42. The highest BCUT2D eigenvalue weighted by Gasteiger charge is 2.13. The van der Waals surface area contributed by atoms with Crippen LogP contribution in [0, 0.1) is 17.0 Å². The second-order valence-electron chi connectivity index (χ2n) is 6.23. The zero-order chi connectivity index (χ0) is 20.1. The lowest BCUT2D eigenvalue weighted by atomic mass is 10.1. The molecule has 8 heteroatoms. The van der Waals surface area contributed by atoms with E-state index in [1.807, 2.05) is 24.3 Å². The van der Waals surface area contributed by atoms with E-state index in [0.29, 0.717) is 23.5 Å². The Balaban J connectivity index is 1.64. The van der Waals surface area contributed by atoms with Crippen LogP contribution in [0.5, 0.6) is 0 Å². The maximum atomic E-state index is 12.5. The number of benzene rings is 1. The van der Waals surface area contributed by atoms with Gasteiger partial charge in [-0.1, -0.05) is 12.1 Å². The van der Waals surface area contributed by atoms with Gasteiger partial charge in [0, 0.05) is 42.8 Å². The van der Waals surface area contributed by atoms with Crippen molar-refractivity contribution in [2.24, 2.45) is 0 Å². The summed E-state index contributed by atoms with van der Waals surface area (Å²) in [4.78, 5) is 32.4. The molecule has 1 N–H and O–H groups in total. The largest absolute Gasteiger partial charge is 0.366 e. The van der Waals surface area contributed by atoms with Crippen LogP contribution < -0.4 is 10.2 Å². The number of nitrogens with zero attached hydrogens (tertiary/aromatic N) is 4. The van der Waals surface area contributed by atoms with Crippen molar-refractivity contribution >= 4 is 23.1 Å². The van der Waals surface area contributed by atoms with E-state index in [1.54, 1.807) is 49.5 Å². The predicted octanol–water partition coefficient (Wildman–Crippen LogP) is 3.58. The second-order valence-corrected chi connectivity index (χ2v) is 6.23. The molecule has 0 bridgehead atoms. The van der Waals surface area contributed by atoms with Crippen LogP contribution in [-0.4, -0.2) is 27.8 Å². The standard InChI is InChI=1S/C20H19N5O3/c1-14-11-19(23-13-18(14)25(27)28)22-12-15-3-5-17(6-4-15)24(2)20(26)16-7-9-21-10-8-16/h3-11,13H,12H2,1-2H3,(H,22,23). The minimum atomic E-state index is -0.450. The van der Waals surface area contributed by atoms with Gasteiger partial charge >= 0.3 is 0 Å². The molecule has 8 nitrogen and oxygen atoms in total. The summed E-state index contributed by atoms with van der Waals surface area (Å²) in [5, 5.41) is 14.0. The molecule has 0 radical (unpaired) electrons. The molecule has 142 valence electrons. The Morgan fingerprint density at radius 1 is 1.18 bits per heavy atom. The van der Waals surface area contributed by atoms with Crippen LogP contribution in [0.15, 0.2) is 61.1 Å². The zero-order valence-corrected chi connectivity index (χ0v) is 15.5. The summed E-state index contributed by atoms with van der Waals surface area (Å²) in [5.41, 5.74) is 2.88. The highest BCUT2D eigenvalue weighted by Crippen LogP contribution is 2.20. The molecule has 2 aromatic heterocycles. The van der Waals surface area contributed by atoms with E-state index in [2.05, 4.69) is 15.3 Å². The molecule has 0 saturated carbocycles. The fourth-order valence-electron chi connectivity index (χ4n) is 2.67. The van der Waals surface area contributed by atoms with Crippen molar-refractivity contribution in [3.8, 4) is 0 Å². The molecule has 0 aliphatic carbocycles. The smallest absolute Gasteiger partial charge is 0.290 e. The van der Waals surface area contributed by atoms with Crippen molar-refractivity contribution < 1.29 is 9.72 Å². The third-order valence-corrected chi connectivity index (χ3v) is 4.31. The number of hydrogen-bond acceptors (Lipinski definition) is 6. The lowest BCUT2D eigenvalue weighted by Gasteiger charge is -2.18. The van der Waals surface area contributed by atoms with Crippen LogP contribution in [0.3, 0.4) is 0 Å². The molecule has 0 fully saturated rings. The quantitative estimate of drug-likeness (QED) is 0.520. The van der Waals surface area contributed by atoms with Crippen molar-refractivity contribution in [3.05, 3.63) is 87.9 Å². The van der Waals surface area contributed by atoms with Crippen LogP contribution in [0.4, 0.5) is 17.2 Å². The number of carbonyl (C=O) groups is 1. The van der Waals surface area contributed by atoms with Crippen molar-refractivity contribution in [1.82, 2.24) is 9.97 Å². The first-order valence-electron chi connectivity index (χ1n) is 8.57. The molecule has 0 saturated heterocycles. The van der Waals surface area contributed by atoms with Gasteiger partial charge in [-0.2, -0.15) is 0 Å². The van der Waals surface area contributed by atoms with E-state index in [-0.39, 0.29) is 11.6 Å². The maximum Gasteiger partial charge on any atom is 0.290 e. The van der Waals surface area contributed by atoms with Gasteiger partial charge < -0.3 is 10.2 Å². The molecule has 0 unspecified atom stereocenters. The summed E-state index contributed by atoms with van der Waals surface area (Å²) in [5.74, 6) is 0.455. The fraction of sp³-hybridized carbons (Fsp3) is 0.150. The number of carbonyl (C=O) groups excluding carboxylic acids is 1. The Morgan fingerprint density at radius 3 is 2.46 bits per heavy atom. The molecule has 3 aromatic rings. The molecular formula is C20H19N5O3. The van der Waals surface area contributed by atoms with Crippen molar-refractivity contribution in [3.63, 3.8) is 0 Å². The summed E-state index contributed by atoms with van der Waals surface area (Å²) >= 11 is 0. The van der Waals surface area contributed by atoms with E-state index in [4.69, 9.17) is 0 Å². The van der Waals surface area contributed by atoms with Crippen LogP contribution in [-0.2, 0) is 6.54 Å². The fourth-order valence-corrected chi connectivity index (χ4v) is 2.67. The third kappa shape index (κ3) is 4.29. The molecule has 28 heavy (non-hydrogen) atoms. The molecule has 0 atom stereocenters. The summed E-state index contributed by atoms with van der Waals surface area (Å²) in [7, 11) is 1.72. The first-order chi connectivity index (χ1) is 13.5.